The Bertz CT molecular complexity index is 442. The summed E-state index contributed by atoms with van der Waals surface area (Å²) in [5.41, 5.74) is 0. The number of hydrogen-bond donors (Lipinski definition) is 1. The summed E-state index contributed by atoms with van der Waals surface area (Å²) in [5, 5.41) is -4.66. The quantitative estimate of drug-likeness (QED) is 0.420. The van der Waals surface area contributed by atoms with Crippen LogP contribution in [0.3, 0.4) is 0 Å². The molecule has 0 radical (unpaired) electrons. The molecule has 0 amide bonds. The first-order valence-corrected chi connectivity index (χ1v) is 5.80. The maximum atomic E-state index is 12.9. The lowest BCUT2D eigenvalue weighted by Crippen LogP contribution is -2.42. The molecule has 18 heavy (non-hydrogen) atoms. The first-order valence-electron chi connectivity index (χ1n) is 4.36. The van der Waals surface area contributed by atoms with Crippen molar-refractivity contribution in [2.75, 3.05) is 6.61 Å². The summed E-state index contributed by atoms with van der Waals surface area (Å²) in [6, 6.07) is 0. The highest BCUT2D eigenvalue weighted by molar-refractivity contribution is 7.86. The Morgan fingerprint density at radius 1 is 1.50 bits per heavy atom. The van der Waals surface area contributed by atoms with Gasteiger partial charge in [-0.2, -0.15) is 17.2 Å². The molecular formula is C8H10F2O7S. The van der Waals surface area contributed by atoms with Crippen LogP contribution in [0.4, 0.5) is 8.78 Å². The molecule has 0 heterocycles. The van der Waals surface area contributed by atoms with Crippen molar-refractivity contribution in [3.63, 3.8) is 0 Å². The first-order chi connectivity index (χ1) is 8.02. The summed E-state index contributed by atoms with van der Waals surface area (Å²) < 4.78 is 62.8. The van der Waals surface area contributed by atoms with Crippen LogP contribution in [0, 0.1) is 0 Å². The van der Waals surface area contributed by atoms with Crippen molar-refractivity contribution in [2.45, 2.75) is 18.3 Å². The van der Waals surface area contributed by atoms with Crippen LogP contribution < -0.4 is 0 Å². The van der Waals surface area contributed by atoms with Gasteiger partial charge in [0.05, 0.1) is 0 Å². The Hall–Kier alpha value is -1.55. The number of carbonyl (C=O) groups is 2. The fraction of sp³-hybridized carbons (Fsp3) is 0.500. The van der Waals surface area contributed by atoms with Gasteiger partial charge < -0.3 is 9.47 Å². The van der Waals surface area contributed by atoms with Crippen molar-refractivity contribution in [2.24, 2.45) is 0 Å². The Morgan fingerprint density at radius 3 is 2.39 bits per heavy atom. The number of halogens is 2. The Kier molecular flexibility index (Phi) is 5.36. The summed E-state index contributed by atoms with van der Waals surface area (Å²) in [5.74, 6) is -2.39. The average Bonchev–Trinajstić information content (AvgIpc) is 2.24. The van der Waals surface area contributed by atoms with E-state index in [0.29, 0.717) is 6.92 Å². The van der Waals surface area contributed by atoms with Gasteiger partial charge >= 0.3 is 27.3 Å². The normalized spacial score (nSPS) is 13.6. The fourth-order valence-corrected chi connectivity index (χ4v) is 1.17. The highest BCUT2D eigenvalue weighted by atomic mass is 32.2. The molecule has 0 bridgehead atoms. The Labute approximate surface area is 101 Å². The van der Waals surface area contributed by atoms with Crippen molar-refractivity contribution in [1.29, 1.82) is 0 Å². The van der Waals surface area contributed by atoms with E-state index in [4.69, 9.17) is 4.55 Å². The molecule has 104 valence electrons. The van der Waals surface area contributed by atoms with E-state index >= 15 is 0 Å². The Balaban J connectivity index is 4.49. The van der Waals surface area contributed by atoms with Crippen LogP contribution in [0.25, 0.3) is 0 Å². The van der Waals surface area contributed by atoms with E-state index in [1.54, 1.807) is 0 Å². The number of alkyl halides is 2. The molecule has 0 aromatic heterocycles. The minimum Gasteiger partial charge on any atom is -0.452 e. The predicted octanol–water partition coefficient (Wildman–Crippen LogP) is 0.128. The van der Waals surface area contributed by atoms with Gasteiger partial charge in [0.1, 0.15) is 0 Å². The lowest BCUT2D eigenvalue weighted by atomic mass is 10.4. The number of esters is 2. The van der Waals surface area contributed by atoms with Gasteiger partial charge in [-0.1, -0.05) is 6.58 Å². The van der Waals surface area contributed by atoms with Crippen molar-refractivity contribution < 1.29 is 40.8 Å². The van der Waals surface area contributed by atoms with Crippen LogP contribution in [0.2, 0.25) is 0 Å². The van der Waals surface area contributed by atoms with Gasteiger partial charge in [0.2, 0.25) is 0 Å². The summed E-state index contributed by atoms with van der Waals surface area (Å²) in [6.07, 6.45) is -1.72. The maximum Gasteiger partial charge on any atom is 0.405 e. The number of ether oxygens (including phenoxy) is 2. The maximum absolute atomic E-state index is 12.9. The monoisotopic (exact) mass is 288 g/mol. The van der Waals surface area contributed by atoms with Gasteiger partial charge in [0, 0.05) is 6.08 Å². The molecule has 0 aliphatic carbocycles. The molecule has 1 N–H and O–H groups in total. The fourth-order valence-electron chi connectivity index (χ4n) is 0.698. The lowest BCUT2D eigenvalue weighted by molar-refractivity contribution is -0.168. The smallest absolute Gasteiger partial charge is 0.405 e. The summed E-state index contributed by atoms with van der Waals surface area (Å²) >= 11 is 0. The van der Waals surface area contributed by atoms with Crippen molar-refractivity contribution in [3.8, 4) is 0 Å². The molecule has 0 fully saturated rings. The third-order valence-electron chi connectivity index (χ3n) is 1.62. The number of carbonyl (C=O) groups excluding carboxylic acids is 2. The van der Waals surface area contributed by atoms with E-state index in [2.05, 4.69) is 16.1 Å². The zero-order valence-corrected chi connectivity index (χ0v) is 9.95. The molecule has 0 spiro atoms. The SMILES string of the molecule is C=CC(=O)OCC(=O)OC(C)C(F)(F)S(=O)(=O)O. The van der Waals surface area contributed by atoms with Crippen LogP contribution >= 0.6 is 0 Å². The second-order valence-electron chi connectivity index (χ2n) is 2.98. The first kappa shape index (κ1) is 16.4. The van der Waals surface area contributed by atoms with Crippen LogP contribution in [-0.2, 0) is 29.2 Å². The minimum atomic E-state index is -5.72. The minimum absolute atomic E-state index is 0.557. The molecule has 0 aromatic rings. The van der Waals surface area contributed by atoms with Gasteiger partial charge in [-0.3, -0.25) is 4.55 Å². The highest BCUT2D eigenvalue weighted by Gasteiger charge is 2.51. The van der Waals surface area contributed by atoms with Crippen molar-refractivity contribution >= 4 is 22.1 Å². The largest absolute Gasteiger partial charge is 0.452 e. The third kappa shape index (κ3) is 4.37. The zero-order valence-electron chi connectivity index (χ0n) is 9.13. The topological polar surface area (TPSA) is 107 Å². The third-order valence-corrected chi connectivity index (χ3v) is 2.64. The molecule has 10 heteroatoms. The average molecular weight is 288 g/mol. The summed E-state index contributed by atoms with van der Waals surface area (Å²) in [4.78, 5) is 21.4. The molecule has 7 nitrogen and oxygen atoms in total. The van der Waals surface area contributed by atoms with Crippen molar-refractivity contribution in [1.82, 2.24) is 0 Å². The molecule has 0 aliphatic rings. The molecule has 0 aliphatic heterocycles. The van der Waals surface area contributed by atoms with Gasteiger partial charge in [-0.15, -0.1) is 0 Å². The number of rotatable bonds is 6. The van der Waals surface area contributed by atoms with Crippen LogP contribution in [0.15, 0.2) is 12.7 Å². The van der Waals surface area contributed by atoms with Gasteiger partial charge in [0.25, 0.3) is 0 Å². The zero-order chi connectivity index (χ0) is 14.6. The molecular weight excluding hydrogens is 278 g/mol. The highest BCUT2D eigenvalue weighted by Crippen LogP contribution is 2.26. The van der Waals surface area contributed by atoms with Crippen LogP contribution in [0.1, 0.15) is 6.92 Å². The predicted molar refractivity (Wildman–Crippen MR) is 53.2 cm³/mol. The second kappa shape index (κ2) is 5.87. The molecule has 0 saturated carbocycles. The van der Waals surface area contributed by atoms with Gasteiger partial charge in [-0.25, -0.2) is 9.59 Å². The second-order valence-corrected chi connectivity index (χ2v) is 4.48. The lowest BCUT2D eigenvalue weighted by Gasteiger charge is -2.20. The van der Waals surface area contributed by atoms with Crippen LogP contribution in [0.5, 0.6) is 0 Å². The standard InChI is InChI=1S/C8H10F2O7S/c1-3-6(11)16-4-7(12)17-5(2)8(9,10)18(13,14)15/h3,5H,1,4H2,2H3,(H,13,14,15). The van der Waals surface area contributed by atoms with Gasteiger partial charge in [0.15, 0.2) is 12.7 Å². The van der Waals surface area contributed by atoms with Crippen molar-refractivity contribution in [3.05, 3.63) is 12.7 Å². The molecule has 0 aromatic carbocycles. The van der Waals surface area contributed by atoms with Gasteiger partial charge in [-0.05, 0) is 6.92 Å². The number of hydrogen-bond acceptors (Lipinski definition) is 6. The molecule has 1 unspecified atom stereocenters. The summed E-state index contributed by atoms with van der Waals surface area (Å²) in [6.45, 7) is 2.58. The van der Waals surface area contributed by atoms with E-state index in [9.17, 15) is 26.8 Å². The van der Waals surface area contributed by atoms with E-state index in [1.165, 1.54) is 0 Å². The van der Waals surface area contributed by atoms with E-state index in [0.717, 1.165) is 6.08 Å². The molecule has 0 saturated heterocycles. The van der Waals surface area contributed by atoms with E-state index in [-0.39, 0.29) is 0 Å². The van der Waals surface area contributed by atoms with E-state index < -0.39 is 40.0 Å². The Morgan fingerprint density at radius 2 is 2.00 bits per heavy atom. The van der Waals surface area contributed by atoms with E-state index in [1.807, 2.05) is 0 Å². The van der Waals surface area contributed by atoms with Crippen LogP contribution in [-0.4, -0.2) is 42.9 Å². The summed E-state index contributed by atoms with van der Waals surface area (Å²) in [7, 11) is -5.72. The molecule has 1 atom stereocenters. The molecule has 0 rings (SSSR count).